The van der Waals surface area contributed by atoms with Gasteiger partial charge in [-0.1, -0.05) is 0 Å². The van der Waals surface area contributed by atoms with E-state index < -0.39 is 0 Å². The van der Waals surface area contributed by atoms with Gasteiger partial charge < -0.3 is 14.9 Å². The van der Waals surface area contributed by atoms with Gasteiger partial charge in [0.25, 0.3) is 5.91 Å². The number of carbonyl (C=O) groups is 1. The van der Waals surface area contributed by atoms with Crippen LogP contribution in [0.25, 0.3) is 0 Å². The Kier molecular flexibility index (Phi) is 3.37. The maximum atomic E-state index is 12.2. The first-order valence-corrected chi connectivity index (χ1v) is 6.71. The fourth-order valence-electron chi connectivity index (χ4n) is 2.77. The number of aromatic amines is 1. The zero-order valence-electron chi connectivity index (χ0n) is 11.0. The summed E-state index contributed by atoms with van der Waals surface area (Å²) in [5, 5.41) is 3.02. The highest BCUT2D eigenvalue weighted by Crippen LogP contribution is 2.30. The molecule has 20 heavy (non-hydrogen) atoms. The second-order valence-corrected chi connectivity index (χ2v) is 5.03. The third kappa shape index (κ3) is 2.49. The van der Waals surface area contributed by atoms with E-state index in [-0.39, 0.29) is 23.6 Å². The number of carbonyl (C=O) groups excluding carboxylic acids is 1. The topological polar surface area (TPSA) is 79.8 Å². The third-order valence-electron chi connectivity index (χ3n) is 3.74. The van der Waals surface area contributed by atoms with E-state index in [4.69, 9.17) is 0 Å². The molecule has 1 saturated carbocycles. The molecular weight excluding hydrogens is 256 g/mol. The summed E-state index contributed by atoms with van der Waals surface area (Å²) in [7, 11) is 0. The second-order valence-electron chi connectivity index (χ2n) is 5.03. The summed E-state index contributed by atoms with van der Waals surface area (Å²) in [6.07, 6.45) is 9.97. The summed E-state index contributed by atoms with van der Waals surface area (Å²) in [5.74, 6) is -0.201. The van der Waals surface area contributed by atoms with E-state index in [1.165, 1.54) is 12.3 Å². The van der Waals surface area contributed by atoms with Gasteiger partial charge in [-0.25, -0.2) is 4.98 Å². The number of hydrogen-bond acceptors (Lipinski definition) is 3. The van der Waals surface area contributed by atoms with Gasteiger partial charge in [-0.2, -0.15) is 0 Å². The summed E-state index contributed by atoms with van der Waals surface area (Å²) >= 11 is 0. The lowest BCUT2D eigenvalue weighted by atomic mass is 10.1. The number of nitrogens with one attached hydrogen (secondary N) is 2. The summed E-state index contributed by atoms with van der Waals surface area (Å²) in [6.45, 7) is 0. The van der Waals surface area contributed by atoms with Crippen molar-refractivity contribution in [2.75, 3.05) is 0 Å². The van der Waals surface area contributed by atoms with Crippen LogP contribution in [0, 0.1) is 0 Å². The van der Waals surface area contributed by atoms with Crippen LogP contribution in [0.4, 0.5) is 0 Å². The Morgan fingerprint density at radius 2 is 2.35 bits per heavy atom. The van der Waals surface area contributed by atoms with Gasteiger partial charge in [0.1, 0.15) is 0 Å². The van der Waals surface area contributed by atoms with Crippen molar-refractivity contribution < 1.29 is 4.79 Å². The number of aromatic nitrogens is 3. The van der Waals surface area contributed by atoms with Crippen LogP contribution < -0.4 is 10.9 Å². The van der Waals surface area contributed by atoms with Gasteiger partial charge in [-0.3, -0.25) is 9.59 Å². The predicted molar refractivity (Wildman–Crippen MR) is 73.4 cm³/mol. The molecule has 6 heteroatoms. The van der Waals surface area contributed by atoms with Crippen molar-refractivity contribution in [3.63, 3.8) is 0 Å². The van der Waals surface area contributed by atoms with E-state index in [0.717, 1.165) is 19.3 Å². The highest BCUT2D eigenvalue weighted by molar-refractivity contribution is 5.94. The molecule has 1 fully saturated rings. The zero-order chi connectivity index (χ0) is 13.9. The molecule has 0 radical (unpaired) electrons. The molecule has 2 unspecified atom stereocenters. The molecule has 2 aromatic rings. The smallest absolute Gasteiger partial charge is 0.251 e. The van der Waals surface area contributed by atoms with Crippen molar-refractivity contribution in [1.29, 1.82) is 0 Å². The molecule has 0 saturated heterocycles. The van der Waals surface area contributed by atoms with Crippen molar-refractivity contribution in [3.8, 4) is 0 Å². The minimum atomic E-state index is -0.268. The van der Waals surface area contributed by atoms with Crippen LogP contribution >= 0.6 is 0 Å². The van der Waals surface area contributed by atoms with E-state index in [1.54, 1.807) is 18.6 Å². The number of imidazole rings is 1. The number of H-pyrrole nitrogens is 1. The molecule has 6 nitrogen and oxygen atoms in total. The molecule has 3 rings (SSSR count). The first-order chi connectivity index (χ1) is 9.74. The first kappa shape index (κ1) is 12.7. The fourth-order valence-corrected chi connectivity index (χ4v) is 2.77. The normalized spacial score (nSPS) is 21.8. The highest BCUT2D eigenvalue weighted by Gasteiger charge is 2.29. The molecule has 2 heterocycles. The molecule has 2 atom stereocenters. The molecule has 2 aromatic heterocycles. The fraction of sp³-hybridized carbons (Fsp3) is 0.357. The maximum Gasteiger partial charge on any atom is 0.251 e. The van der Waals surface area contributed by atoms with E-state index in [0.29, 0.717) is 5.56 Å². The van der Waals surface area contributed by atoms with Crippen molar-refractivity contribution in [2.45, 2.75) is 31.3 Å². The number of amides is 1. The molecule has 0 bridgehead atoms. The van der Waals surface area contributed by atoms with E-state index in [1.807, 2.05) is 10.8 Å². The summed E-state index contributed by atoms with van der Waals surface area (Å²) in [4.78, 5) is 30.0. The van der Waals surface area contributed by atoms with E-state index in [2.05, 4.69) is 15.3 Å². The monoisotopic (exact) mass is 272 g/mol. The van der Waals surface area contributed by atoms with E-state index >= 15 is 0 Å². The van der Waals surface area contributed by atoms with Crippen molar-refractivity contribution in [1.82, 2.24) is 19.9 Å². The van der Waals surface area contributed by atoms with Crippen LogP contribution in [0.3, 0.4) is 0 Å². The molecule has 1 aliphatic rings. The maximum absolute atomic E-state index is 12.2. The predicted octanol–water partition coefficient (Wildman–Crippen LogP) is 1.09. The lowest BCUT2D eigenvalue weighted by Gasteiger charge is -2.22. The number of nitrogens with zero attached hydrogens (tertiary/aromatic N) is 2. The summed E-state index contributed by atoms with van der Waals surface area (Å²) in [6, 6.07) is 3.24. The third-order valence-corrected chi connectivity index (χ3v) is 3.74. The largest absolute Gasteiger partial charge is 0.347 e. The first-order valence-electron chi connectivity index (χ1n) is 6.71. The highest BCUT2D eigenvalue weighted by atomic mass is 16.2. The molecule has 2 N–H and O–H groups in total. The minimum absolute atomic E-state index is 0.0796. The second kappa shape index (κ2) is 5.32. The minimum Gasteiger partial charge on any atom is -0.347 e. The molecule has 0 spiro atoms. The number of rotatable bonds is 3. The van der Waals surface area contributed by atoms with Crippen molar-refractivity contribution in [2.24, 2.45) is 0 Å². The van der Waals surface area contributed by atoms with Crippen LogP contribution in [0.5, 0.6) is 0 Å². The molecular formula is C14H16N4O2. The van der Waals surface area contributed by atoms with Gasteiger partial charge in [0.2, 0.25) is 5.56 Å². The van der Waals surface area contributed by atoms with Gasteiger partial charge >= 0.3 is 0 Å². The SMILES string of the molecule is O=C(NC1CCCC1n1ccnc1)c1cc[nH]c(=O)c1. The van der Waals surface area contributed by atoms with Gasteiger partial charge in [-0.05, 0) is 25.3 Å². The molecule has 0 aromatic carbocycles. The molecule has 104 valence electrons. The van der Waals surface area contributed by atoms with Crippen LogP contribution in [0.1, 0.15) is 35.7 Å². The lowest BCUT2D eigenvalue weighted by molar-refractivity contribution is 0.0928. The molecule has 0 aliphatic heterocycles. The lowest BCUT2D eigenvalue weighted by Crippen LogP contribution is -2.38. The van der Waals surface area contributed by atoms with Crippen LogP contribution in [-0.2, 0) is 0 Å². The Morgan fingerprint density at radius 3 is 3.10 bits per heavy atom. The average Bonchev–Trinajstić information content (AvgIpc) is 3.08. The number of pyridine rings is 1. The van der Waals surface area contributed by atoms with E-state index in [9.17, 15) is 9.59 Å². The van der Waals surface area contributed by atoms with Crippen LogP contribution in [-0.4, -0.2) is 26.5 Å². The van der Waals surface area contributed by atoms with Crippen LogP contribution in [0.2, 0.25) is 0 Å². The van der Waals surface area contributed by atoms with Gasteiger partial charge in [0, 0.05) is 36.3 Å². The Balaban J connectivity index is 1.74. The summed E-state index contributed by atoms with van der Waals surface area (Å²) in [5.41, 5.74) is 0.125. The summed E-state index contributed by atoms with van der Waals surface area (Å²) < 4.78 is 2.04. The average molecular weight is 272 g/mol. The Hall–Kier alpha value is -2.37. The zero-order valence-corrected chi connectivity index (χ0v) is 11.0. The Morgan fingerprint density at radius 1 is 1.45 bits per heavy atom. The standard InChI is InChI=1S/C14H16N4O2/c19-13-8-10(4-5-16-13)14(20)17-11-2-1-3-12(11)18-7-6-15-9-18/h4-9,11-12H,1-3H2,(H,16,19)(H,17,20). The Labute approximate surface area is 115 Å². The van der Waals surface area contributed by atoms with Gasteiger partial charge in [0.05, 0.1) is 12.4 Å². The van der Waals surface area contributed by atoms with Crippen LogP contribution in [0.15, 0.2) is 41.8 Å². The van der Waals surface area contributed by atoms with Crippen molar-refractivity contribution in [3.05, 3.63) is 53.0 Å². The molecule has 1 amide bonds. The van der Waals surface area contributed by atoms with Crippen molar-refractivity contribution >= 4 is 5.91 Å². The number of hydrogen-bond donors (Lipinski definition) is 2. The molecule has 1 aliphatic carbocycles. The quantitative estimate of drug-likeness (QED) is 0.878. The Bertz CT molecular complexity index is 647. The van der Waals surface area contributed by atoms with Gasteiger partial charge in [-0.15, -0.1) is 0 Å². The van der Waals surface area contributed by atoms with Gasteiger partial charge in [0.15, 0.2) is 0 Å².